The van der Waals surface area contributed by atoms with E-state index in [0.29, 0.717) is 6.07 Å². The molecule has 0 aliphatic rings. The summed E-state index contributed by atoms with van der Waals surface area (Å²) in [6, 6.07) is 9.30. The standard InChI is InChI=1S/C18H18ClF3N2O3S/c1-3-16(24(28(2,26)27)13-7-5-4-6-8-13)17(25)23-15-11-12(18(20,21)22)9-10-14(15)19/h4-11,16H,3H2,1-2H3,(H,23,25)/t16-/m0/s1. The average Bonchev–Trinajstić information content (AvgIpc) is 2.60. The molecule has 1 amide bonds. The third kappa shape index (κ3) is 5.17. The van der Waals surface area contributed by atoms with Gasteiger partial charge in [-0.3, -0.25) is 9.10 Å². The molecule has 5 nitrogen and oxygen atoms in total. The first kappa shape index (κ1) is 22.0. The minimum absolute atomic E-state index is 0.0877. The fourth-order valence-corrected chi connectivity index (χ4v) is 4.03. The number of para-hydroxylation sites is 1. The van der Waals surface area contributed by atoms with E-state index in [1.165, 1.54) is 12.1 Å². The number of nitrogens with zero attached hydrogens (tertiary/aromatic N) is 1. The second-order valence-corrected chi connectivity index (χ2v) is 8.27. The van der Waals surface area contributed by atoms with Gasteiger partial charge < -0.3 is 5.32 Å². The van der Waals surface area contributed by atoms with Crippen LogP contribution in [-0.2, 0) is 21.0 Å². The van der Waals surface area contributed by atoms with Gasteiger partial charge in [0.05, 0.1) is 28.2 Å². The molecule has 0 aromatic heterocycles. The molecule has 0 spiro atoms. The van der Waals surface area contributed by atoms with Gasteiger partial charge in [0.2, 0.25) is 15.9 Å². The Morgan fingerprint density at radius 2 is 1.79 bits per heavy atom. The van der Waals surface area contributed by atoms with E-state index in [1.807, 2.05) is 0 Å². The normalized spacial score (nSPS) is 13.1. The number of halogens is 4. The number of amides is 1. The number of hydrogen-bond donors (Lipinski definition) is 1. The van der Waals surface area contributed by atoms with Gasteiger partial charge in [0.15, 0.2) is 0 Å². The molecular weight excluding hydrogens is 417 g/mol. The summed E-state index contributed by atoms with van der Waals surface area (Å²) in [6.07, 6.45) is -3.57. The Kier molecular flexibility index (Phi) is 6.61. The van der Waals surface area contributed by atoms with E-state index in [-0.39, 0.29) is 22.8 Å². The number of nitrogens with one attached hydrogen (secondary N) is 1. The van der Waals surface area contributed by atoms with Crippen molar-refractivity contribution >= 4 is 38.9 Å². The van der Waals surface area contributed by atoms with Gasteiger partial charge in [-0.05, 0) is 36.8 Å². The number of benzene rings is 2. The Labute approximate surface area is 166 Å². The number of carbonyl (C=O) groups excluding carboxylic acids is 1. The molecule has 1 N–H and O–H groups in total. The SMILES string of the molecule is CC[C@@H](C(=O)Nc1cc(C(F)(F)F)ccc1Cl)N(c1ccccc1)S(C)(=O)=O. The summed E-state index contributed by atoms with van der Waals surface area (Å²) >= 11 is 5.91. The van der Waals surface area contributed by atoms with Crippen molar-refractivity contribution in [1.82, 2.24) is 0 Å². The fraction of sp³-hybridized carbons (Fsp3) is 0.278. The monoisotopic (exact) mass is 434 g/mol. The molecule has 28 heavy (non-hydrogen) atoms. The highest BCUT2D eigenvalue weighted by Gasteiger charge is 2.33. The molecule has 0 bridgehead atoms. The summed E-state index contributed by atoms with van der Waals surface area (Å²) in [4.78, 5) is 12.8. The summed E-state index contributed by atoms with van der Waals surface area (Å²) in [5.74, 6) is -0.794. The van der Waals surface area contributed by atoms with Gasteiger partial charge in [0.1, 0.15) is 6.04 Å². The van der Waals surface area contributed by atoms with Crippen LogP contribution in [0.4, 0.5) is 24.5 Å². The third-order valence-electron chi connectivity index (χ3n) is 3.89. The maximum Gasteiger partial charge on any atom is 0.416 e. The number of rotatable bonds is 6. The first-order valence-corrected chi connectivity index (χ1v) is 10.4. The molecule has 0 aliphatic carbocycles. The minimum atomic E-state index is -4.61. The van der Waals surface area contributed by atoms with Gasteiger partial charge in [-0.15, -0.1) is 0 Å². The van der Waals surface area contributed by atoms with E-state index >= 15 is 0 Å². The van der Waals surface area contributed by atoms with Gasteiger partial charge in [-0.2, -0.15) is 13.2 Å². The number of anilines is 2. The lowest BCUT2D eigenvalue weighted by atomic mass is 10.1. The number of sulfonamides is 1. The van der Waals surface area contributed by atoms with Gasteiger partial charge in [-0.1, -0.05) is 36.7 Å². The summed E-state index contributed by atoms with van der Waals surface area (Å²) in [6.45, 7) is 1.60. The zero-order valence-corrected chi connectivity index (χ0v) is 16.6. The summed E-state index contributed by atoms with van der Waals surface area (Å²) in [5, 5.41) is 2.22. The van der Waals surface area contributed by atoms with Crippen LogP contribution < -0.4 is 9.62 Å². The zero-order valence-electron chi connectivity index (χ0n) is 15.0. The van der Waals surface area contributed by atoms with E-state index in [9.17, 15) is 26.4 Å². The largest absolute Gasteiger partial charge is 0.416 e. The highest BCUT2D eigenvalue weighted by molar-refractivity contribution is 7.92. The van der Waals surface area contributed by atoms with Crippen LogP contribution in [0.5, 0.6) is 0 Å². The average molecular weight is 435 g/mol. The predicted molar refractivity (Wildman–Crippen MR) is 103 cm³/mol. The van der Waals surface area contributed by atoms with Crippen LogP contribution >= 0.6 is 11.6 Å². The van der Waals surface area contributed by atoms with Crippen molar-refractivity contribution in [2.75, 3.05) is 15.9 Å². The zero-order chi connectivity index (χ0) is 21.1. The van der Waals surface area contributed by atoms with E-state index in [1.54, 1.807) is 25.1 Å². The van der Waals surface area contributed by atoms with Gasteiger partial charge in [0.25, 0.3) is 0 Å². The summed E-state index contributed by atoms with van der Waals surface area (Å²) in [5.41, 5.74) is -0.966. The highest BCUT2D eigenvalue weighted by atomic mass is 35.5. The van der Waals surface area contributed by atoms with Crippen LogP contribution in [0.15, 0.2) is 48.5 Å². The second kappa shape index (κ2) is 8.40. The maximum atomic E-state index is 12.9. The van der Waals surface area contributed by atoms with E-state index in [0.717, 1.165) is 22.7 Å². The Bertz CT molecular complexity index is 950. The van der Waals surface area contributed by atoms with Crippen molar-refractivity contribution in [3.63, 3.8) is 0 Å². The molecule has 0 saturated carbocycles. The van der Waals surface area contributed by atoms with E-state index in [4.69, 9.17) is 11.6 Å². The molecule has 0 aliphatic heterocycles. The Morgan fingerprint density at radius 1 is 1.18 bits per heavy atom. The lowest BCUT2D eigenvalue weighted by Crippen LogP contribution is -2.47. The van der Waals surface area contributed by atoms with Gasteiger partial charge in [-0.25, -0.2) is 8.42 Å². The molecule has 152 valence electrons. The maximum absolute atomic E-state index is 12.9. The van der Waals surface area contributed by atoms with Crippen molar-refractivity contribution < 1.29 is 26.4 Å². The number of alkyl halides is 3. The first-order valence-electron chi connectivity index (χ1n) is 8.17. The predicted octanol–water partition coefficient (Wildman–Crippen LogP) is 4.54. The summed E-state index contributed by atoms with van der Waals surface area (Å²) < 4.78 is 64.3. The Morgan fingerprint density at radius 3 is 2.29 bits per heavy atom. The number of carbonyl (C=O) groups is 1. The van der Waals surface area contributed by atoms with Crippen molar-refractivity contribution in [1.29, 1.82) is 0 Å². The van der Waals surface area contributed by atoms with Crippen LogP contribution in [0.3, 0.4) is 0 Å². The first-order chi connectivity index (χ1) is 12.9. The molecule has 2 rings (SSSR count). The van der Waals surface area contributed by atoms with Gasteiger partial charge >= 0.3 is 6.18 Å². The molecule has 0 fully saturated rings. The smallest absolute Gasteiger partial charge is 0.323 e. The molecule has 0 radical (unpaired) electrons. The Balaban J connectivity index is 2.40. The highest BCUT2D eigenvalue weighted by Crippen LogP contribution is 2.34. The Hall–Kier alpha value is -2.26. The lowest BCUT2D eigenvalue weighted by molar-refractivity contribution is -0.137. The summed E-state index contributed by atoms with van der Waals surface area (Å²) in [7, 11) is -3.85. The van der Waals surface area contributed by atoms with Crippen LogP contribution in [0.1, 0.15) is 18.9 Å². The number of hydrogen-bond acceptors (Lipinski definition) is 3. The van der Waals surface area contributed by atoms with Crippen LogP contribution in [-0.4, -0.2) is 26.6 Å². The topological polar surface area (TPSA) is 66.5 Å². The fourth-order valence-electron chi connectivity index (χ4n) is 2.65. The van der Waals surface area contributed by atoms with Crippen molar-refractivity contribution in [3.8, 4) is 0 Å². The molecule has 2 aromatic rings. The molecule has 1 atom stereocenters. The second-order valence-electron chi connectivity index (χ2n) is 6.00. The molecular formula is C18H18ClF3N2O3S. The molecule has 0 unspecified atom stereocenters. The molecule has 0 saturated heterocycles. The van der Waals surface area contributed by atoms with Crippen molar-refractivity contribution in [3.05, 3.63) is 59.1 Å². The van der Waals surface area contributed by atoms with Crippen molar-refractivity contribution in [2.24, 2.45) is 0 Å². The van der Waals surface area contributed by atoms with Crippen molar-refractivity contribution in [2.45, 2.75) is 25.6 Å². The van der Waals surface area contributed by atoms with Crippen LogP contribution in [0, 0.1) is 0 Å². The quantitative estimate of drug-likeness (QED) is 0.725. The molecule has 2 aromatic carbocycles. The van der Waals surface area contributed by atoms with Crippen LogP contribution in [0.25, 0.3) is 0 Å². The van der Waals surface area contributed by atoms with Crippen LogP contribution in [0.2, 0.25) is 5.02 Å². The third-order valence-corrected chi connectivity index (χ3v) is 5.40. The molecule has 0 heterocycles. The van der Waals surface area contributed by atoms with E-state index < -0.39 is 33.7 Å². The minimum Gasteiger partial charge on any atom is -0.323 e. The van der Waals surface area contributed by atoms with E-state index in [2.05, 4.69) is 5.32 Å². The molecule has 10 heteroatoms. The van der Waals surface area contributed by atoms with Gasteiger partial charge in [0, 0.05) is 0 Å². The lowest BCUT2D eigenvalue weighted by Gasteiger charge is -2.30.